The maximum absolute atomic E-state index is 12.0. The minimum absolute atomic E-state index is 0.124. The molecule has 0 aromatic rings. The molecule has 2 rings (SSSR count). The maximum Gasteiger partial charge on any atom is 0.154 e. The molecule has 5 heteroatoms. The lowest BCUT2D eigenvalue weighted by molar-refractivity contribution is 0.0818. The third kappa shape index (κ3) is 3.31. The Bertz CT molecular complexity index is 410. The van der Waals surface area contributed by atoms with Gasteiger partial charge < -0.3 is 5.32 Å². The minimum atomic E-state index is -2.82. The number of sulfone groups is 1. The summed E-state index contributed by atoms with van der Waals surface area (Å²) in [4.78, 5) is 2.42. The lowest BCUT2D eigenvalue weighted by atomic mass is 9.92. The molecule has 0 bridgehead atoms. The molecular weight excluding hydrogens is 260 g/mol. The number of hydrogen-bond acceptors (Lipinski definition) is 4. The van der Waals surface area contributed by atoms with Gasteiger partial charge in [0.25, 0.3) is 0 Å². The monoisotopic (exact) mass is 288 g/mol. The van der Waals surface area contributed by atoms with Gasteiger partial charge in [0.2, 0.25) is 0 Å². The Kier molecular flexibility index (Phi) is 4.58. The molecule has 0 aromatic carbocycles. The quantitative estimate of drug-likeness (QED) is 0.850. The van der Waals surface area contributed by atoms with Crippen molar-refractivity contribution >= 4 is 9.84 Å². The summed E-state index contributed by atoms with van der Waals surface area (Å²) in [6.45, 7) is 9.32. The lowest BCUT2D eigenvalue weighted by Gasteiger charge is -2.46. The third-order valence-corrected chi connectivity index (χ3v) is 7.24. The van der Waals surface area contributed by atoms with Crippen molar-refractivity contribution in [3.05, 3.63) is 0 Å². The van der Waals surface area contributed by atoms with Gasteiger partial charge in [-0.05, 0) is 32.6 Å². The predicted molar refractivity (Wildman–Crippen MR) is 79.2 cm³/mol. The molecule has 3 unspecified atom stereocenters. The van der Waals surface area contributed by atoms with E-state index in [0.29, 0.717) is 11.8 Å². The molecule has 0 aliphatic carbocycles. The first kappa shape index (κ1) is 15.3. The first-order valence-electron chi connectivity index (χ1n) is 7.61. The van der Waals surface area contributed by atoms with Gasteiger partial charge in [-0.1, -0.05) is 13.8 Å². The summed E-state index contributed by atoms with van der Waals surface area (Å²) in [5.41, 5.74) is 0.133. The van der Waals surface area contributed by atoms with E-state index in [9.17, 15) is 8.42 Å². The van der Waals surface area contributed by atoms with Gasteiger partial charge in [-0.3, -0.25) is 4.90 Å². The minimum Gasteiger partial charge on any atom is -0.309 e. The fourth-order valence-electron chi connectivity index (χ4n) is 3.30. The Labute approximate surface area is 117 Å². The van der Waals surface area contributed by atoms with Crippen molar-refractivity contribution < 1.29 is 8.42 Å². The molecule has 2 aliphatic rings. The standard InChI is InChI=1S/C14H28N2O2S/c1-4-12-9-15-14(3,5-2)11-16(12)10-13-7-6-8-19(13,17)18/h12-13,15H,4-11H2,1-3H3. The summed E-state index contributed by atoms with van der Waals surface area (Å²) >= 11 is 0. The van der Waals surface area contributed by atoms with Crippen LogP contribution in [0, 0.1) is 0 Å². The Morgan fingerprint density at radius 3 is 2.63 bits per heavy atom. The van der Waals surface area contributed by atoms with Crippen LogP contribution in [0.25, 0.3) is 0 Å². The van der Waals surface area contributed by atoms with Gasteiger partial charge >= 0.3 is 0 Å². The molecule has 112 valence electrons. The summed E-state index contributed by atoms with van der Waals surface area (Å²) in [7, 11) is -2.82. The largest absolute Gasteiger partial charge is 0.309 e. The molecule has 2 aliphatic heterocycles. The second-order valence-corrected chi connectivity index (χ2v) is 8.82. The number of hydrogen-bond donors (Lipinski definition) is 1. The van der Waals surface area contributed by atoms with Crippen LogP contribution in [0.5, 0.6) is 0 Å². The summed E-state index contributed by atoms with van der Waals surface area (Å²) in [5, 5.41) is 3.51. The summed E-state index contributed by atoms with van der Waals surface area (Å²) in [6, 6.07) is 0.482. The molecule has 2 fully saturated rings. The van der Waals surface area contributed by atoms with Gasteiger partial charge in [0, 0.05) is 31.2 Å². The first-order valence-corrected chi connectivity index (χ1v) is 9.32. The van der Waals surface area contributed by atoms with Gasteiger partial charge in [-0.25, -0.2) is 8.42 Å². The fourth-order valence-corrected chi connectivity index (χ4v) is 5.15. The van der Waals surface area contributed by atoms with E-state index in [1.807, 2.05) is 0 Å². The Morgan fingerprint density at radius 1 is 1.37 bits per heavy atom. The van der Waals surface area contributed by atoms with E-state index in [-0.39, 0.29) is 10.8 Å². The second-order valence-electron chi connectivity index (χ2n) is 6.42. The van der Waals surface area contributed by atoms with Gasteiger partial charge in [-0.2, -0.15) is 0 Å². The normalized spacial score (nSPS) is 39.5. The van der Waals surface area contributed by atoms with Crippen molar-refractivity contribution in [3.63, 3.8) is 0 Å². The average Bonchev–Trinajstić information content (AvgIpc) is 2.69. The maximum atomic E-state index is 12.0. The third-order valence-electron chi connectivity index (χ3n) is 4.99. The van der Waals surface area contributed by atoms with Crippen molar-refractivity contribution in [2.45, 2.75) is 63.3 Å². The molecule has 2 heterocycles. The van der Waals surface area contributed by atoms with Crippen molar-refractivity contribution in [2.24, 2.45) is 0 Å². The Morgan fingerprint density at radius 2 is 2.11 bits per heavy atom. The van der Waals surface area contributed by atoms with Crippen LogP contribution in [0.15, 0.2) is 0 Å². The van der Waals surface area contributed by atoms with Crippen LogP contribution in [0.2, 0.25) is 0 Å². The van der Waals surface area contributed by atoms with Gasteiger partial charge in [0.05, 0.1) is 11.0 Å². The van der Waals surface area contributed by atoms with Crippen molar-refractivity contribution in [2.75, 3.05) is 25.4 Å². The van der Waals surface area contributed by atoms with Crippen LogP contribution < -0.4 is 5.32 Å². The summed E-state index contributed by atoms with van der Waals surface area (Å²) in [5.74, 6) is 0.394. The van der Waals surface area contributed by atoms with Crippen LogP contribution >= 0.6 is 0 Å². The smallest absolute Gasteiger partial charge is 0.154 e. The molecule has 3 atom stereocenters. The van der Waals surface area contributed by atoms with Gasteiger partial charge in [0.15, 0.2) is 9.84 Å². The molecule has 0 amide bonds. The van der Waals surface area contributed by atoms with Gasteiger partial charge in [0.1, 0.15) is 0 Å². The van der Waals surface area contributed by atoms with E-state index >= 15 is 0 Å². The Hall–Kier alpha value is -0.130. The second kappa shape index (κ2) is 5.70. The van der Waals surface area contributed by atoms with E-state index < -0.39 is 9.84 Å². The summed E-state index contributed by atoms with van der Waals surface area (Å²) in [6.07, 6.45) is 3.86. The highest BCUT2D eigenvalue weighted by molar-refractivity contribution is 7.92. The van der Waals surface area contributed by atoms with Crippen molar-refractivity contribution in [1.82, 2.24) is 10.2 Å². The predicted octanol–water partition coefficient (Wildman–Crippen LogP) is 1.42. The van der Waals surface area contributed by atoms with Crippen molar-refractivity contribution in [3.8, 4) is 0 Å². The molecular formula is C14H28N2O2S. The number of piperazine rings is 1. The molecule has 2 saturated heterocycles. The molecule has 1 N–H and O–H groups in total. The highest BCUT2D eigenvalue weighted by Crippen LogP contribution is 2.26. The topological polar surface area (TPSA) is 49.4 Å². The van der Waals surface area contributed by atoms with Crippen LogP contribution in [-0.2, 0) is 9.84 Å². The average molecular weight is 288 g/mol. The SMILES string of the molecule is CCC1CNC(C)(CC)CN1CC1CCCS1(=O)=O. The van der Waals surface area contributed by atoms with Crippen LogP contribution in [0.4, 0.5) is 0 Å². The summed E-state index contributed by atoms with van der Waals surface area (Å²) < 4.78 is 24.0. The fraction of sp³-hybridized carbons (Fsp3) is 1.00. The van der Waals surface area contributed by atoms with E-state index in [2.05, 4.69) is 31.0 Å². The van der Waals surface area contributed by atoms with Crippen LogP contribution in [-0.4, -0.2) is 55.5 Å². The van der Waals surface area contributed by atoms with E-state index in [1.54, 1.807) is 0 Å². The number of nitrogens with zero attached hydrogens (tertiary/aromatic N) is 1. The molecule has 4 nitrogen and oxygen atoms in total. The highest BCUT2D eigenvalue weighted by atomic mass is 32.2. The first-order chi connectivity index (χ1) is 8.90. The molecule has 0 radical (unpaired) electrons. The van der Waals surface area contributed by atoms with E-state index in [4.69, 9.17) is 0 Å². The highest BCUT2D eigenvalue weighted by Gasteiger charge is 2.38. The number of rotatable bonds is 4. The molecule has 19 heavy (non-hydrogen) atoms. The molecule has 0 saturated carbocycles. The Balaban J connectivity index is 2.07. The lowest BCUT2D eigenvalue weighted by Crippen LogP contribution is -2.63. The van der Waals surface area contributed by atoms with Crippen molar-refractivity contribution in [1.29, 1.82) is 0 Å². The van der Waals surface area contributed by atoms with E-state index in [0.717, 1.165) is 45.3 Å². The van der Waals surface area contributed by atoms with Crippen LogP contribution in [0.3, 0.4) is 0 Å². The number of nitrogens with one attached hydrogen (secondary N) is 1. The zero-order valence-corrected chi connectivity index (χ0v) is 13.3. The zero-order valence-electron chi connectivity index (χ0n) is 12.5. The van der Waals surface area contributed by atoms with Gasteiger partial charge in [-0.15, -0.1) is 0 Å². The zero-order chi connectivity index (χ0) is 14.1. The molecule has 0 aromatic heterocycles. The van der Waals surface area contributed by atoms with E-state index in [1.165, 1.54) is 0 Å². The van der Waals surface area contributed by atoms with Crippen LogP contribution in [0.1, 0.15) is 46.5 Å². The molecule has 0 spiro atoms.